The van der Waals surface area contributed by atoms with E-state index in [1.807, 2.05) is 6.07 Å². The van der Waals surface area contributed by atoms with Crippen LogP contribution < -0.4 is 15.2 Å². The molecule has 0 amide bonds. The normalized spacial score (nSPS) is 19.4. The molecular formula is C12H14N2O4. The maximum Gasteiger partial charge on any atom is 0.315 e. The number of hydrogen-bond acceptors (Lipinski definition) is 5. The molecule has 6 nitrogen and oxygen atoms in total. The van der Waals surface area contributed by atoms with E-state index in [1.54, 1.807) is 6.07 Å². The quantitative estimate of drug-likeness (QED) is 0.646. The first-order valence-corrected chi connectivity index (χ1v) is 5.95. The van der Waals surface area contributed by atoms with Gasteiger partial charge in [-0.2, -0.15) is 0 Å². The van der Waals surface area contributed by atoms with Crippen molar-refractivity contribution in [2.45, 2.75) is 18.3 Å². The number of ether oxygens (including phenoxy) is 2. The van der Waals surface area contributed by atoms with E-state index in [2.05, 4.69) is 0 Å². The van der Waals surface area contributed by atoms with Crippen molar-refractivity contribution in [2.24, 2.45) is 5.73 Å². The van der Waals surface area contributed by atoms with Crippen LogP contribution >= 0.6 is 0 Å². The molecule has 1 aromatic carbocycles. The van der Waals surface area contributed by atoms with Crippen molar-refractivity contribution in [3.05, 3.63) is 27.8 Å². The smallest absolute Gasteiger partial charge is 0.315 e. The molecule has 3 rings (SSSR count). The van der Waals surface area contributed by atoms with Crippen molar-refractivity contribution in [3.8, 4) is 11.5 Å². The van der Waals surface area contributed by atoms with Crippen LogP contribution in [0.1, 0.15) is 18.4 Å². The Balaban J connectivity index is 2.12. The van der Waals surface area contributed by atoms with Gasteiger partial charge in [0.05, 0.1) is 4.92 Å². The standard InChI is InChI=1S/C12H14N2O4/c13-7-12(1-2-12)8-5-9(14(15)16)11-10(6-8)17-3-4-18-11/h5-6H,1-4,7,13H2. The zero-order chi connectivity index (χ0) is 12.8. The Morgan fingerprint density at radius 1 is 1.33 bits per heavy atom. The van der Waals surface area contributed by atoms with Crippen LogP contribution in [0.3, 0.4) is 0 Å². The molecule has 1 heterocycles. The topological polar surface area (TPSA) is 87.6 Å². The molecule has 0 saturated heterocycles. The summed E-state index contributed by atoms with van der Waals surface area (Å²) < 4.78 is 10.8. The minimum absolute atomic E-state index is 0.0260. The summed E-state index contributed by atoms with van der Waals surface area (Å²) in [7, 11) is 0. The Hall–Kier alpha value is -1.82. The highest BCUT2D eigenvalue weighted by Crippen LogP contribution is 2.51. The van der Waals surface area contributed by atoms with E-state index in [9.17, 15) is 10.1 Å². The zero-order valence-electron chi connectivity index (χ0n) is 9.85. The maximum absolute atomic E-state index is 11.1. The van der Waals surface area contributed by atoms with Crippen molar-refractivity contribution >= 4 is 5.69 Å². The minimum atomic E-state index is -0.427. The molecule has 0 atom stereocenters. The van der Waals surface area contributed by atoms with Gasteiger partial charge in [-0.3, -0.25) is 10.1 Å². The van der Waals surface area contributed by atoms with E-state index in [0.717, 1.165) is 18.4 Å². The largest absolute Gasteiger partial charge is 0.486 e. The van der Waals surface area contributed by atoms with Crippen LogP contribution in [0.5, 0.6) is 11.5 Å². The first-order valence-electron chi connectivity index (χ1n) is 5.95. The molecule has 2 aliphatic rings. The van der Waals surface area contributed by atoms with Crippen LogP contribution in [-0.2, 0) is 5.41 Å². The lowest BCUT2D eigenvalue weighted by molar-refractivity contribution is -0.386. The van der Waals surface area contributed by atoms with Crippen molar-refractivity contribution < 1.29 is 14.4 Å². The summed E-state index contributed by atoms with van der Waals surface area (Å²) in [6, 6.07) is 3.41. The molecule has 18 heavy (non-hydrogen) atoms. The lowest BCUT2D eigenvalue weighted by Crippen LogP contribution is -2.21. The van der Waals surface area contributed by atoms with Crippen LogP contribution in [0.4, 0.5) is 5.69 Å². The Morgan fingerprint density at radius 3 is 2.67 bits per heavy atom. The van der Waals surface area contributed by atoms with E-state index >= 15 is 0 Å². The second kappa shape index (κ2) is 3.84. The molecule has 0 bridgehead atoms. The van der Waals surface area contributed by atoms with Crippen LogP contribution in [0.2, 0.25) is 0 Å². The second-order valence-electron chi connectivity index (χ2n) is 4.76. The third-order valence-electron chi connectivity index (χ3n) is 3.68. The van der Waals surface area contributed by atoms with Gasteiger partial charge in [0.15, 0.2) is 5.75 Å². The molecular weight excluding hydrogens is 236 g/mol. The number of nitro groups is 1. The number of nitrogens with zero attached hydrogens (tertiary/aromatic N) is 1. The highest BCUT2D eigenvalue weighted by molar-refractivity contribution is 5.60. The highest BCUT2D eigenvalue weighted by Gasteiger charge is 2.44. The minimum Gasteiger partial charge on any atom is -0.486 e. The fraction of sp³-hybridized carbons (Fsp3) is 0.500. The first kappa shape index (κ1) is 11.3. The summed E-state index contributed by atoms with van der Waals surface area (Å²) in [5.74, 6) is 0.702. The average molecular weight is 250 g/mol. The number of rotatable bonds is 3. The van der Waals surface area contributed by atoms with Gasteiger partial charge in [0.2, 0.25) is 5.75 Å². The number of benzene rings is 1. The number of fused-ring (bicyclic) bond motifs is 1. The van der Waals surface area contributed by atoms with Gasteiger partial charge < -0.3 is 15.2 Å². The molecule has 0 radical (unpaired) electrons. The van der Waals surface area contributed by atoms with Gasteiger partial charge in [-0.1, -0.05) is 0 Å². The second-order valence-corrected chi connectivity index (χ2v) is 4.76. The van der Waals surface area contributed by atoms with Crippen LogP contribution in [0, 0.1) is 10.1 Å². The van der Waals surface area contributed by atoms with Crippen molar-refractivity contribution in [2.75, 3.05) is 19.8 Å². The van der Waals surface area contributed by atoms with Gasteiger partial charge >= 0.3 is 5.69 Å². The van der Waals surface area contributed by atoms with E-state index < -0.39 is 4.92 Å². The van der Waals surface area contributed by atoms with Gasteiger partial charge in [-0.05, 0) is 24.5 Å². The summed E-state index contributed by atoms with van der Waals surface area (Å²) in [5.41, 5.74) is 6.53. The van der Waals surface area contributed by atoms with Crippen LogP contribution in [-0.4, -0.2) is 24.7 Å². The zero-order valence-corrected chi connectivity index (χ0v) is 9.85. The lowest BCUT2D eigenvalue weighted by atomic mass is 9.95. The van der Waals surface area contributed by atoms with E-state index in [-0.39, 0.29) is 16.9 Å². The molecule has 1 aliphatic heterocycles. The summed E-state index contributed by atoms with van der Waals surface area (Å²) in [5, 5.41) is 11.1. The molecule has 0 unspecified atom stereocenters. The highest BCUT2D eigenvalue weighted by atomic mass is 16.6. The monoisotopic (exact) mass is 250 g/mol. The molecule has 96 valence electrons. The van der Waals surface area contributed by atoms with Gasteiger partial charge in [-0.25, -0.2) is 0 Å². The van der Waals surface area contributed by atoms with Crippen molar-refractivity contribution in [1.29, 1.82) is 0 Å². The van der Waals surface area contributed by atoms with E-state index in [0.29, 0.717) is 25.5 Å². The third-order valence-corrected chi connectivity index (χ3v) is 3.68. The predicted octanol–water partition coefficient (Wildman–Crippen LogP) is 1.36. The van der Waals surface area contributed by atoms with Gasteiger partial charge in [0.25, 0.3) is 0 Å². The Bertz CT molecular complexity index is 511. The summed E-state index contributed by atoms with van der Waals surface area (Å²) in [6.07, 6.45) is 1.95. The third kappa shape index (κ3) is 1.60. The molecule has 2 N–H and O–H groups in total. The Labute approximate surface area is 104 Å². The average Bonchev–Trinajstić information content (AvgIpc) is 3.18. The summed E-state index contributed by atoms with van der Waals surface area (Å²) >= 11 is 0. The SMILES string of the molecule is NCC1(c2cc3c(c([N+](=O)[O-])c2)OCCO3)CC1. The van der Waals surface area contributed by atoms with Gasteiger partial charge in [0, 0.05) is 18.0 Å². The van der Waals surface area contributed by atoms with Crippen LogP contribution in [0.25, 0.3) is 0 Å². The fourth-order valence-corrected chi connectivity index (χ4v) is 2.34. The molecule has 0 spiro atoms. The number of nitrogens with two attached hydrogens (primary N) is 1. The first-order chi connectivity index (χ1) is 8.66. The number of nitro benzene ring substituents is 1. The van der Waals surface area contributed by atoms with E-state index in [1.165, 1.54) is 0 Å². The number of hydrogen-bond donors (Lipinski definition) is 1. The maximum atomic E-state index is 11.1. The molecule has 0 aromatic heterocycles. The molecule has 1 fully saturated rings. The summed E-state index contributed by atoms with van der Waals surface area (Å²) in [6.45, 7) is 1.27. The Morgan fingerprint density at radius 2 is 2.06 bits per heavy atom. The van der Waals surface area contributed by atoms with Crippen molar-refractivity contribution in [3.63, 3.8) is 0 Å². The lowest BCUT2D eigenvalue weighted by Gasteiger charge is -2.21. The van der Waals surface area contributed by atoms with Gasteiger partial charge in [-0.15, -0.1) is 0 Å². The summed E-state index contributed by atoms with van der Waals surface area (Å²) in [4.78, 5) is 10.7. The predicted molar refractivity (Wildman–Crippen MR) is 64.1 cm³/mol. The molecule has 6 heteroatoms. The van der Waals surface area contributed by atoms with E-state index in [4.69, 9.17) is 15.2 Å². The van der Waals surface area contributed by atoms with Gasteiger partial charge in [0.1, 0.15) is 13.2 Å². The molecule has 1 aliphatic carbocycles. The fourth-order valence-electron chi connectivity index (χ4n) is 2.34. The molecule has 1 saturated carbocycles. The Kier molecular flexibility index (Phi) is 2.41. The van der Waals surface area contributed by atoms with Crippen molar-refractivity contribution in [1.82, 2.24) is 0 Å². The van der Waals surface area contributed by atoms with Crippen LogP contribution in [0.15, 0.2) is 12.1 Å². The molecule has 1 aromatic rings.